The molecule has 3 rings (SSSR count). The van der Waals surface area contributed by atoms with Crippen LogP contribution in [0.4, 0.5) is 5.69 Å². The summed E-state index contributed by atoms with van der Waals surface area (Å²) in [7, 11) is 1.70. The smallest absolute Gasteiger partial charge is 0.145 e. The van der Waals surface area contributed by atoms with E-state index in [1.165, 1.54) is 30.3 Å². The third-order valence-corrected chi connectivity index (χ3v) is 3.63. The zero-order chi connectivity index (χ0) is 12.4. The molecule has 3 heteroatoms. The van der Waals surface area contributed by atoms with E-state index in [-0.39, 0.29) is 0 Å². The van der Waals surface area contributed by atoms with Gasteiger partial charge in [0.1, 0.15) is 11.3 Å². The molecule has 3 nitrogen and oxygen atoms in total. The lowest BCUT2D eigenvalue weighted by molar-refractivity contribution is 0.419. The van der Waals surface area contributed by atoms with Gasteiger partial charge in [-0.2, -0.15) is 0 Å². The Bertz CT molecular complexity index is 547. The van der Waals surface area contributed by atoms with Crippen LogP contribution in [-0.2, 0) is 0 Å². The predicted molar refractivity (Wildman–Crippen MR) is 74.4 cm³/mol. The van der Waals surface area contributed by atoms with Gasteiger partial charge >= 0.3 is 0 Å². The molecule has 2 aromatic rings. The first-order valence-corrected chi connectivity index (χ1v) is 6.57. The number of nitrogens with zero attached hydrogens (tertiary/aromatic N) is 2. The number of fused-ring (bicyclic) bond motifs is 1. The van der Waals surface area contributed by atoms with Crippen molar-refractivity contribution >= 4 is 16.6 Å². The van der Waals surface area contributed by atoms with Crippen molar-refractivity contribution < 1.29 is 4.74 Å². The minimum atomic E-state index is 0.853. The normalized spacial score (nSPS) is 15.9. The lowest BCUT2D eigenvalue weighted by atomic mass is 10.1. The first kappa shape index (κ1) is 11.3. The lowest BCUT2D eigenvalue weighted by Crippen LogP contribution is -2.29. The Kier molecular flexibility index (Phi) is 3.05. The lowest BCUT2D eigenvalue weighted by Gasteiger charge is -2.30. The molecule has 0 saturated carbocycles. The number of aromatic nitrogens is 1. The molecule has 1 aromatic heterocycles. The minimum Gasteiger partial charge on any atom is -0.494 e. The van der Waals surface area contributed by atoms with Gasteiger partial charge in [-0.3, -0.25) is 4.98 Å². The minimum absolute atomic E-state index is 0.853. The Morgan fingerprint density at radius 1 is 1.11 bits per heavy atom. The average molecular weight is 242 g/mol. The summed E-state index contributed by atoms with van der Waals surface area (Å²) < 4.78 is 5.39. The van der Waals surface area contributed by atoms with Crippen LogP contribution in [-0.4, -0.2) is 25.2 Å². The number of benzene rings is 1. The number of anilines is 1. The van der Waals surface area contributed by atoms with E-state index in [4.69, 9.17) is 4.74 Å². The predicted octanol–water partition coefficient (Wildman–Crippen LogP) is 3.23. The van der Waals surface area contributed by atoms with E-state index < -0.39 is 0 Å². The van der Waals surface area contributed by atoms with Gasteiger partial charge in [0, 0.05) is 30.4 Å². The summed E-state index contributed by atoms with van der Waals surface area (Å²) in [5.74, 6) is 0.853. The summed E-state index contributed by atoms with van der Waals surface area (Å²) in [6.45, 7) is 2.30. The van der Waals surface area contributed by atoms with Gasteiger partial charge in [-0.1, -0.05) is 0 Å². The fourth-order valence-corrected chi connectivity index (χ4v) is 2.71. The molecule has 1 fully saturated rings. The Labute approximate surface area is 107 Å². The van der Waals surface area contributed by atoms with Crippen LogP contribution in [0.3, 0.4) is 0 Å². The van der Waals surface area contributed by atoms with Crippen molar-refractivity contribution in [2.75, 3.05) is 25.1 Å². The van der Waals surface area contributed by atoms with Crippen LogP contribution < -0.4 is 9.64 Å². The summed E-state index contributed by atoms with van der Waals surface area (Å²) in [4.78, 5) is 6.92. The molecule has 94 valence electrons. The van der Waals surface area contributed by atoms with Gasteiger partial charge in [0.25, 0.3) is 0 Å². The molecular formula is C15H18N2O. The maximum absolute atomic E-state index is 5.39. The van der Waals surface area contributed by atoms with Crippen LogP contribution in [0, 0.1) is 0 Å². The first-order valence-electron chi connectivity index (χ1n) is 6.57. The highest BCUT2D eigenvalue weighted by atomic mass is 16.5. The Morgan fingerprint density at radius 2 is 1.94 bits per heavy atom. The van der Waals surface area contributed by atoms with Crippen molar-refractivity contribution in [2.24, 2.45) is 0 Å². The molecule has 0 bridgehead atoms. The maximum Gasteiger partial charge on any atom is 0.145 e. The van der Waals surface area contributed by atoms with E-state index in [9.17, 15) is 0 Å². The highest BCUT2D eigenvalue weighted by molar-refractivity contribution is 5.95. The first-order chi connectivity index (χ1) is 8.90. The zero-order valence-electron chi connectivity index (χ0n) is 10.7. The van der Waals surface area contributed by atoms with Gasteiger partial charge in [-0.25, -0.2) is 0 Å². The number of methoxy groups -OCH3 is 1. The fraction of sp³-hybridized carbons (Fsp3) is 0.400. The van der Waals surface area contributed by atoms with E-state index in [0.717, 1.165) is 24.4 Å². The standard InChI is InChI=1S/C15H18N2O/c1-18-14-8-7-13(17-10-3-2-4-11-17)12-6-5-9-16-15(12)14/h5-9H,2-4,10-11H2,1H3. The molecule has 18 heavy (non-hydrogen) atoms. The highest BCUT2D eigenvalue weighted by Gasteiger charge is 2.15. The molecular weight excluding hydrogens is 224 g/mol. The number of hydrogen-bond donors (Lipinski definition) is 0. The van der Waals surface area contributed by atoms with E-state index in [0.29, 0.717) is 0 Å². The molecule has 0 amide bonds. The molecule has 2 heterocycles. The maximum atomic E-state index is 5.39. The van der Waals surface area contributed by atoms with Crippen LogP contribution >= 0.6 is 0 Å². The number of piperidine rings is 1. The van der Waals surface area contributed by atoms with Gasteiger partial charge in [-0.05, 0) is 43.5 Å². The Morgan fingerprint density at radius 3 is 2.72 bits per heavy atom. The van der Waals surface area contributed by atoms with E-state index in [1.807, 2.05) is 18.3 Å². The summed E-state index contributed by atoms with van der Waals surface area (Å²) in [6, 6.07) is 8.32. The fourth-order valence-electron chi connectivity index (χ4n) is 2.71. The molecule has 0 unspecified atom stereocenters. The molecule has 0 aliphatic carbocycles. The SMILES string of the molecule is COc1ccc(N2CCCCC2)c2cccnc12. The van der Waals surface area contributed by atoms with Crippen LogP contribution in [0.1, 0.15) is 19.3 Å². The van der Waals surface area contributed by atoms with E-state index in [1.54, 1.807) is 7.11 Å². The molecule has 1 aliphatic heterocycles. The van der Waals surface area contributed by atoms with Gasteiger partial charge in [0.05, 0.1) is 7.11 Å². The van der Waals surface area contributed by atoms with Crippen molar-refractivity contribution in [3.05, 3.63) is 30.5 Å². The molecule has 0 N–H and O–H groups in total. The summed E-state index contributed by atoms with van der Waals surface area (Å²) >= 11 is 0. The van der Waals surface area contributed by atoms with Gasteiger partial charge < -0.3 is 9.64 Å². The average Bonchev–Trinajstić information content (AvgIpc) is 2.47. The van der Waals surface area contributed by atoms with Gasteiger partial charge in [-0.15, -0.1) is 0 Å². The van der Waals surface area contributed by atoms with Gasteiger partial charge in [0.2, 0.25) is 0 Å². The van der Waals surface area contributed by atoms with Crippen molar-refractivity contribution in [1.82, 2.24) is 4.98 Å². The van der Waals surface area contributed by atoms with Crippen molar-refractivity contribution in [1.29, 1.82) is 0 Å². The molecule has 0 atom stereocenters. The second-order valence-corrected chi connectivity index (χ2v) is 4.73. The van der Waals surface area contributed by atoms with Crippen LogP contribution in [0.2, 0.25) is 0 Å². The summed E-state index contributed by atoms with van der Waals surface area (Å²) in [5, 5.41) is 1.19. The topological polar surface area (TPSA) is 25.4 Å². The molecule has 1 aromatic carbocycles. The molecule has 1 aliphatic rings. The number of hydrogen-bond acceptors (Lipinski definition) is 3. The molecule has 1 saturated heterocycles. The number of pyridine rings is 1. The zero-order valence-corrected chi connectivity index (χ0v) is 10.7. The van der Waals surface area contributed by atoms with Crippen LogP contribution in [0.25, 0.3) is 10.9 Å². The summed E-state index contributed by atoms with van der Waals surface area (Å²) in [6.07, 6.45) is 5.75. The monoisotopic (exact) mass is 242 g/mol. The highest BCUT2D eigenvalue weighted by Crippen LogP contribution is 2.33. The third-order valence-electron chi connectivity index (χ3n) is 3.63. The third kappa shape index (κ3) is 1.90. The van der Waals surface area contributed by atoms with Crippen LogP contribution in [0.15, 0.2) is 30.5 Å². The largest absolute Gasteiger partial charge is 0.494 e. The van der Waals surface area contributed by atoms with Crippen molar-refractivity contribution in [2.45, 2.75) is 19.3 Å². The second-order valence-electron chi connectivity index (χ2n) is 4.73. The Hall–Kier alpha value is -1.77. The molecule has 0 radical (unpaired) electrons. The second kappa shape index (κ2) is 4.84. The summed E-state index contributed by atoms with van der Waals surface area (Å²) in [5.41, 5.74) is 2.25. The van der Waals surface area contributed by atoms with Crippen molar-refractivity contribution in [3.8, 4) is 5.75 Å². The van der Waals surface area contributed by atoms with E-state index in [2.05, 4.69) is 22.0 Å². The van der Waals surface area contributed by atoms with Crippen molar-refractivity contribution in [3.63, 3.8) is 0 Å². The van der Waals surface area contributed by atoms with Gasteiger partial charge in [0.15, 0.2) is 0 Å². The number of ether oxygens (including phenoxy) is 1. The van der Waals surface area contributed by atoms with E-state index >= 15 is 0 Å². The van der Waals surface area contributed by atoms with Crippen LogP contribution in [0.5, 0.6) is 5.75 Å². The quantitative estimate of drug-likeness (QED) is 0.808. The molecule has 0 spiro atoms. The Balaban J connectivity index is 2.12. The number of rotatable bonds is 2.